The Balaban J connectivity index is 2.89. The zero-order valence-corrected chi connectivity index (χ0v) is 12.0. The molecule has 1 rings (SSSR count). The van der Waals surface area contributed by atoms with E-state index in [1.54, 1.807) is 20.8 Å². The van der Waals surface area contributed by atoms with Gasteiger partial charge in [0.15, 0.2) is 5.69 Å². The number of rotatable bonds is 4. The normalized spacial score (nSPS) is 11.1. The highest BCUT2D eigenvalue weighted by Crippen LogP contribution is 2.14. The van der Waals surface area contributed by atoms with Gasteiger partial charge in [0.1, 0.15) is 11.4 Å². The highest BCUT2D eigenvalue weighted by atomic mass is 16.6. The molecule has 0 aromatic carbocycles. The molecular weight excluding hydrogens is 266 g/mol. The second-order valence-corrected chi connectivity index (χ2v) is 4.98. The van der Waals surface area contributed by atoms with Crippen LogP contribution in [0.3, 0.4) is 0 Å². The first kappa shape index (κ1) is 16.0. The predicted octanol–water partition coefficient (Wildman–Crippen LogP) is 1.01. The van der Waals surface area contributed by atoms with Crippen LogP contribution in [0.2, 0.25) is 0 Å². The highest BCUT2D eigenvalue weighted by molar-refractivity contribution is 5.90. The summed E-state index contributed by atoms with van der Waals surface area (Å²) in [5.74, 6) is -0.386. The van der Waals surface area contributed by atoms with Gasteiger partial charge in [0.05, 0.1) is 20.3 Å². The van der Waals surface area contributed by atoms with Gasteiger partial charge in [-0.05, 0) is 20.8 Å². The fraction of sp³-hybridized carbons (Fsp3) is 0.583. The van der Waals surface area contributed by atoms with Crippen LogP contribution in [0, 0.1) is 0 Å². The molecule has 0 aliphatic heterocycles. The number of carbonyl (C=O) groups excluding carboxylic acids is 2. The third-order valence-corrected chi connectivity index (χ3v) is 2.12. The van der Waals surface area contributed by atoms with Gasteiger partial charge in [-0.25, -0.2) is 14.3 Å². The Morgan fingerprint density at radius 2 is 2.10 bits per heavy atom. The number of nitrogens with zero attached hydrogens (tertiary/aromatic N) is 2. The molecule has 0 saturated carbocycles. The summed E-state index contributed by atoms with van der Waals surface area (Å²) in [6.45, 7) is 5.14. The number of hydrogen-bond acceptors (Lipinski definition) is 6. The lowest BCUT2D eigenvalue weighted by Gasteiger charge is -2.19. The number of nitrogens with one attached hydrogen (secondary N) is 1. The molecule has 0 spiro atoms. The van der Waals surface area contributed by atoms with E-state index in [0.717, 1.165) is 0 Å². The van der Waals surface area contributed by atoms with Crippen molar-refractivity contribution in [2.45, 2.75) is 32.9 Å². The fourth-order valence-electron chi connectivity index (χ4n) is 1.40. The van der Waals surface area contributed by atoms with Crippen molar-refractivity contribution >= 4 is 17.9 Å². The van der Waals surface area contributed by atoms with E-state index in [1.165, 1.54) is 17.9 Å². The first-order chi connectivity index (χ1) is 9.26. The molecule has 0 atom stereocenters. The first-order valence-electron chi connectivity index (χ1n) is 6.04. The number of aliphatic hydroxyl groups is 1. The molecule has 0 radical (unpaired) electrons. The summed E-state index contributed by atoms with van der Waals surface area (Å²) < 4.78 is 10.9. The van der Waals surface area contributed by atoms with Crippen molar-refractivity contribution < 1.29 is 24.2 Å². The van der Waals surface area contributed by atoms with Crippen LogP contribution in [0.15, 0.2) is 6.07 Å². The molecule has 8 heteroatoms. The number of anilines is 1. The van der Waals surface area contributed by atoms with Crippen molar-refractivity contribution in [3.63, 3.8) is 0 Å². The van der Waals surface area contributed by atoms with Crippen molar-refractivity contribution in [1.82, 2.24) is 9.78 Å². The standard InChI is InChI=1S/C12H19N3O5/c1-12(2,3)20-11(18)13-9-7-8(10(17)19-4)14-15(9)5-6-16/h7,16H,5-6H2,1-4H3,(H,13,18). The molecule has 0 aliphatic carbocycles. The molecule has 0 saturated heterocycles. The lowest BCUT2D eigenvalue weighted by Crippen LogP contribution is -2.28. The molecule has 2 N–H and O–H groups in total. The lowest BCUT2D eigenvalue weighted by atomic mass is 10.2. The Hall–Kier alpha value is -2.09. The van der Waals surface area contributed by atoms with E-state index in [1.807, 2.05) is 0 Å². The minimum absolute atomic E-state index is 0.0343. The summed E-state index contributed by atoms with van der Waals surface area (Å²) in [5.41, 5.74) is -0.608. The van der Waals surface area contributed by atoms with Crippen LogP contribution >= 0.6 is 0 Å². The van der Waals surface area contributed by atoms with Crippen LogP contribution in [0.4, 0.5) is 10.6 Å². The number of esters is 1. The maximum Gasteiger partial charge on any atom is 0.413 e. The molecule has 0 unspecified atom stereocenters. The molecule has 1 amide bonds. The number of ether oxygens (including phenoxy) is 2. The van der Waals surface area contributed by atoms with Crippen LogP contribution in [0.25, 0.3) is 0 Å². The van der Waals surface area contributed by atoms with Gasteiger partial charge in [-0.2, -0.15) is 5.10 Å². The van der Waals surface area contributed by atoms with Gasteiger partial charge in [0.2, 0.25) is 0 Å². The van der Waals surface area contributed by atoms with Gasteiger partial charge >= 0.3 is 12.1 Å². The van der Waals surface area contributed by atoms with E-state index < -0.39 is 17.7 Å². The summed E-state index contributed by atoms with van der Waals surface area (Å²) in [6, 6.07) is 1.35. The second-order valence-electron chi connectivity index (χ2n) is 4.98. The Morgan fingerprint density at radius 1 is 1.45 bits per heavy atom. The SMILES string of the molecule is COC(=O)c1cc(NC(=O)OC(C)(C)C)n(CCO)n1. The molecule has 112 valence electrons. The minimum Gasteiger partial charge on any atom is -0.464 e. The summed E-state index contributed by atoms with van der Waals surface area (Å²) in [5, 5.41) is 15.4. The van der Waals surface area contributed by atoms with Crippen LogP contribution in [-0.2, 0) is 16.0 Å². The van der Waals surface area contributed by atoms with Gasteiger partial charge in [0.25, 0.3) is 0 Å². The highest BCUT2D eigenvalue weighted by Gasteiger charge is 2.20. The number of methoxy groups -OCH3 is 1. The molecule has 0 aliphatic rings. The minimum atomic E-state index is -0.673. The Labute approximate surface area is 116 Å². The molecule has 1 aromatic heterocycles. The van der Waals surface area contributed by atoms with Crippen molar-refractivity contribution in [3.8, 4) is 0 Å². The molecule has 0 bridgehead atoms. The Kier molecular flexibility index (Phi) is 5.09. The molecule has 0 fully saturated rings. The van der Waals surface area contributed by atoms with Crippen molar-refractivity contribution in [2.75, 3.05) is 19.0 Å². The van der Waals surface area contributed by atoms with E-state index in [4.69, 9.17) is 9.84 Å². The van der Waals surface area contributed by atoms with Crippen molar-refractivity contribution in [1.29, 1.82) is 0 Å². The Morgan fingerprint density at radius 3 is 2.60 bits per heavy atom. The smallest absolute Gasteiger partial charge is 0.413 e. The van der Waals surface area contributed by atoms with Gasteiger partial charge in [0, 0.05) is 6.07 Å². The Bertz CT molecular complexity index is 490. The van der Waals surface area contributed by atoms with Gasteiger partial charge in [-0.3, -0.25) is 5.32 Å². The molecule has 20 heavy (non-hydrogen) atoms. The van der Waals surface area contributed by atoms with Gasteiger partial charge < -0.3 is 14.6 Å². The van der Waals surface area contributed by atoms with E-state index in [-0.39, 0.29) is 24.7 Å². The average Bonchev–Trinajstić information content (AvgIpc) is 2.69. The summed E-state index contributed by atoms with van der Waals surface area (Å²) in [4.78, 5) is 23.1. The monoisotopic (exact) mass is 285 g/mol. The number of aromatic nitrogens is 2. The largest absolute Gasteiger partial charge is 0.464 e. The van der Waals surface area contributed by atoms with E-state index in [0.29, 0.717) is 0 Å². The third-order valence-electron chi connectivity index (χ3n) is 2.12. The maximum absolute atomic E-state index is 11.7. The number of carbonyl (C=O) groups is 2. The van der Waals surface area contributed by atoms with Crippen LogP contribution in [0.1, 0.15) is 31.3 Å². The second kappa shape index (κ2) is 6.38. The molecule has 1 heterocycles. The lowest BCUT2D eigenvalue weighted by molar-refractivity contribution is 0.0590. The number of hydrogen-bond donors (Lipinski definition) is 2. The zero-order chi connectivity index (χ0) is 15.3. The third kappa shape index (κ3) is 4.54. The molecule has 8 nitrogen and oxygen atoms in total. The van der Waals surface area contributed by atoms with Crippen molar-refractivity contribution in [3.05, 3.63) is 11.8 Å². The summed E-state index contributed by atoms with van der Waals surface area (Å²) in [7, 11) is 1.23. The number of aliphatic hydroxyl groups excluding tert-OH is 1. The van der Waals surface area contributed by atoms with Crippen molar-refractivity contribution in [2.24, 2.45) is 0 Å². The summed E-state index contributed by atoms with van der Waals surface area (Å²) in [6.07, 6.45) is -0.673. The van der Waals surface area contributed by atoms with Crippen LogP contribution in [0.5, 0.6) is 0 Å². The first-order valence-corrected chi connectivity index (χ1v) is 6.04. The molecule has 1 aromatic rings. The van der Waals surface area contributed by atoms with E-state index >= 15 is 0 Å². The van der Waals surface area contributed by atoms with Crippen LogP contribution < -0.4 is 5.32 Å². The fourth-order valence-corrected chi connectivity index (χ4v) is 1.40. The summed E-state index contributed by atoms with van der Waals surface area (Å²) >= 11 is 0. The maximum atomic E-state index is 11.7. The quantitative estimate of drug-likeness (QED) is 0.800. The van der Waals surface area contributed by atoms with Gasteiger partial charge in [-0.15, -0.1) is 0 Å². The predicted molar refractivity (Wildman–Crippen MR) is 70.5 cm³/mol. The average molecular weight is 285 g/mol. The number of amides is 1. The van der Waals surface area contributed by atoms with E-state index in [9.17, 15) is 9.59 Å². The van der Waals surface area contributed by atoms with Crippen LogP contribution in [-0.4, -0.2) is 46.3 Å². The van der Waals surface area contributed by atoms with E-state index in [2.05, 4.69) is 15.2 Å². The molecular formula is C12H19N3O5. The topological polar surface area (TPSA) is 103 Å². The zero-order valence-electron chi connectivity index (χ0n) is 12.0. The van der Waals surface area contributed by atoms with Gasteiger partial charge in [-0.1, -0.05) is 0 Å².